The van der Waals surface area contributed by atoms with Gasteiger partial charge in [-0.05, 0) is 123 Å². The van der Waals surface area contributed by atoms with Gasteiger partial charge in [0.2, 0.25) is 0 Å². The van der Waals surface area contributed by atoms with Crippen molar-refractivity contribution in [1.82, 2.24) is 0 Å². The molecule has 0 saturated heterocycles. The van der Waals surface area contributed by atoms with Crippen molar-refractivity contribution in [3.63, 3.8) is 0 Å². The van der Waals surface area contributed by atoms with Crippen molar-refractivity contribution >= 4 is 44.9 Å². The van der Waals surface area contributed by atoms with Crippen molar-refractivity contribution in [2.75, 3.05) is 9.80 Å². The summed E-state index contributed by atoms with van der Waals surface area (Å²) in [5.74, 6) is 1.69. The molecule has 304 valence electrons. The van der Waals surface area contributed by atoms with E-state index in [2.05, 4.69) is 254 Å². The van der Waals surface area contributed by atoms with Gasteiger partial charge in [0.25, 0.3) is 0 Å². The zero-order valence-corrected chi connectivity index (χ0v) is 35.7. The molecule has 0 fully saturated rings. The summed E-state index contributed by atoms with van der Waals surface area (Å²) in [6, 6.07) is 83.1. The highest BCUT2D eigenvalue weighted by atomic mass is 16.5. The molecule has 10 aromatic carbocycles. The molecule has 3 heteroatoms. The molecule has 1 aliphatic heterocycles. The van der Waals surface area contributed by atoms with E-state index in [0.29, 0.717) is 0 Å². The van der Waals surface area contributed by atoms with Crippen LogP contribution in [0.25, 0.3) is 55.3 Å². The molecule has 0 atom stereocenters. The molecule has 12 rings (SSSR count). The molecule has 0 spiro atoms. The van der Waals surface area contributed by atoms with E-state index in [1.807, 2.05) is 0 Å². The van der Waals surface area contributed by atoms with Gasteiger partial charge in [-0.25, -0.2) is 0 Å². The van der Waals surface area contributed by atoms with Crippen LogP contribution in [-0.4, -0.2) is 0 Å². The van der Waals surface area contributed by atoms with E-state index in [0.717, 1.165) is 67.5 Å². The minimum atomic E-state index is -0.114. The van der Waals surface area contributed by atoms with Crippen LogP contribution in [0.2, 0.25) is 0 Å². The van der Waals surface area contributed by atoms with E-state index in [9.17, 15) is 0 Å². The molecule has 0 unspecified atom stereocenters. The maximum Gasteiger partial charge on any atom is 0.137 e. The van der Waals surface area contributed by atoms with E-state index >= 15 is 0 Å². The third kappa shape index (κ3) is 6.20. The summed E-state index contributed by atoms with van der Waals surface area (Å²) in [6.07, 6.45) is 0. The predicted octanol–water partition coefficient (Wildman–Crippen LogP) is 17.2. The summed E-state index contributed by atoms with van der Waals surface area (Å²) < 4.78 is 6.99. The molecule has 0 saturated carbocycles. The molecule has 0 radical (unpaired) electrons. The fourth-order valence-corrected chi connectivity index (χ4v) is 10.1. The summed E-state index contributed by atoms with van der Waals surface area (Å²) in [7, 11) is 0. The Hall–Kier alpha value is -8.14. The lowest BCUT2D eigenvalue weighted by molar-refractivity contribution is 0.487. The molecule has 3 nitrogen and oxygen atoms in total. The van der Waals surface area contributed by atoms with Crippen LogP contribution in [0.3, 0.4) is 0 Å². The number of ether oxygens (including phenoxy) is 1. The lowest BCUT2D eigenvalue weighted by Gasteiger charge is -2.31. The van der Waals surface area contributed by atoms with Crippen LogP contribution in [0.1, 0.15) is 25.0 Å². The predicted molar refractivity (Wildman–Crippen MR) is 267 cm³/mol. The Morgan fingerprint density at radius 2 is 0.828 bits per heavy atom. The first-order valence-corrected chi connectivity index (χ1v) is 22.1. The molecule has 2 aliphatic rings. The normalized spacial score (nSPS) is 12.8. The molecule has 0 aromatic heterocycles. The van der Waals surface area contributed by atoms with Crippen molar-refractivity contribution < 1.29 is 4.74 Å². The van der Waals surface area contributed by atoms with Gasteiger partial charge >= 0.3 is 0 Å². The van der Waals surface area contributed by atoms with Gasteiger partial charge in [0.05, 0.1) is 5.69 Å². The fourth-order valence-electron chi connectivity index (χ4n) is 10.1. The molecule has 0 N–H and O–H groups in total. The number of benzene rings is 10. The minimum Gasteiger partial charge on any atom is -0.456 e. The minimum absolute atomic E-state index is 0.114. The number of hydrogen-bond acceptors (Lipinski definition) is 3. The molecular formula is C61H44N2O. The summed E-state index contributed by atoms with van der Waals surface area (Å²) in [5.41, 5.74) is 18.7. The number of nitrogens with zero attached hydrogens (tertiary/aromatic N) is 2. The molecule has 1 aliphatic carbocycles. The Kier molecular flexibility index (Phi) is 8.84. The highest BCUT2D eigenvalue weighted by molar-refractivity contribution is 6.11. The Morgan fingerprint density at radius 1 is 0.328 bits per heavy atom. The van der Waals surface area contributed by atoms with Gasteiger partial charge in [-0.1, -0.05) is 166 Å². The van der Waals surface area contributed by atoms with Gasteiger partial charge in [-0.3, -0.25) is 0 Å². The number of anilines is 6. The van der Waals surface area contributed by atoms with Crippen molar-refractivity contribution in [2.24, 2.45) is 0 Å². The van der Waals surface area contributed by atoms with Gasteiger partial charge in [-0.15, -0.1) is 0 Å². The van der Waals surface area contributed by atoms with Crippen molar-refractivity contribution in [3.05, 3.63) is 242 Å². The lowest BCUT2D eigenvalue weighted by Crippen LogP contribution is -2.16. The van der Waals surface area contributed by atoms with Gasteiger partial charge < -0.3 is 14.5 Å². The summed E-state index contributed by atoms with van der Waals surface area (Å²) in [5, 5.41) is 2.23. The molecule has 64 heavy (non-hydrogen) atoms. The first kappa shape index (κ1) is 37.6. The van der Waals surface area contributed by atoms with Crippen LogP contribution in [0.4, 0.5) is 34.1 Å². The quantitative estimate of drug-likeness (QED) is 0.152. The van der Waals surface area contributed by atoms with Gasteiger partial charge in [0.15, 0.2) is 0 Å². The SMILES string of the molecule is CC1(C)c2ccccc2-c2ccc(N(c3ccccc3)c3ccc4c(c3)Oc3ccc(N(c5ccc(-c6ccccc6)cc5)c5ccc(-c6ccccc6)cc5)c5cccc-4c35)cc21. The second kappa shape index (κ2) is 15.0. The number of para-hydroxylation sites is 1. The van der Waals surface area contributed by atoms with Crippen molar-refractivity contribution in [2.45, 2.75) is 19.3 Å². The summed E-state index contributed by atoms with van der Waals surface area (Å²) in [6.45, 7) is 4.68. The third-order valence-corrected chi connectivity index (χ3v) is 13.3. The van der Waals surface area contributed by atoms with E-state index < -0.39 is 0 Å². The zero-order valence-electron chi connectivity index (χ0n) is 35.7. The monoisotopic (exact) mass is 820 g/mol. The molecule has 0 bridgehead atoms. The lowest BCUT2D eigenvalue weighted by atomic mass is 9.82. The smallest absolute Gasteiger partial charge is 0.137 e. The van der Waals surface area contributed by atoms with Gasteiger partial charge in [0.1, 0.15) is 11.5 Å². The summed E-state index contributed by atoms with van der Waals surface area (Å²) in [4.78, 5) is 4.73. The maximum atomic E-state index is 6.99. The standard InChI is InChI=1S/C61H44N2O/c1-61(2)55-24-13-12-21-50(55)51-35-33-48(39-56(51)61)62(45-19-10-5-11-20-45)49-34-36-52-53-22-14-23-54-57(37-38-58(60(53)54)64-59(52)40-49)63(46-29-25-43(26-30-46)41-15-6-3-7-16-41)47-31-27-44(28-32-47)42-17-8-4-9-18-42/h3-40H,1-2H3. The van der Waals surface area contributed by atoms with E-state index in [4.69, 9.17) is 4.74 Å². The maximum absolute atomic E-state index is 6.99. The number of fused-ring (bicyclic) bond motifs is 5. The third-order valence-electron chi connectivity index (χ3n) is 13.3. The van der Waals surface area contributed by atoms with Crippen molar-refractivity contribution in [3.8, 4) is 56.0 Å². The highest BCUT2D eigenvalue weighted by Gasteiger charge is 2.36. The fraction of sp³-hybridized carbons (Fsp3) is 0.0492. The van der Waals surface area contributed by atoms with E-state index in [1.54, 1.807) is 0 Å². The van der Waals surface area contributed by atoms with Crippen LogP contribution in [0, 0.1) is 0 Å². The Balaban J connectivity index is 0.962. The Bertz CT molecular complexity index is 3280. The molecule has 1 heterocycles. The van der Waals surface area contributed by atoms with Crippen LogP contribution in [0.5, 0.6) is 11.5 Å². The Labute approximate surface area is 374 Å². The highest BCUT2D eigenvalue weighted by Crippen LogP contribution is 2.54. The second-order valence-corrected chi connectivity index (χ2v) is 17.3. The van der Waals surface area contributed by atoms with Crippen LogP contribution in [0.15, 0.2) is 231 Å². The first-order chi connectivity index (χ1) is 31.5. The topological polar surface area (TPSA) is 15.7 Å². The largest absolute Gasteiger partial charge is 0.456 e. The molecule has 0 amide bonds. The van der Waals surface area contributed by atoms with Crippen LogP contribution < -0.4 is 14.5 Å². The van der Waals surface area contributed by atoms with Crippen molar-refractivity contribution in [1.29, 1.82) is 0 Å². The van der Waals surface area contributed by atoms with Gasteiger partial charge in [0, 0.05) is 56.3 Å². The Morgan fingerprint density at radius 3 is 1.48 bits per heavy atom. The average molecular weight is 821 g/mol. The number of hydrogen-bond donors (Lipinski definition) is 0. The summed E-state index contributed by atoms with van der Waals surface area (Å²) >= 11 is 0. The van der Waals surface area contributed by atoms with E-state index in [-0.39, 0.29) is 5.41 Å². The molecular weight excluding hydrogens is 777 g/mol. The van der Waals surface area contributed by atoms with E-state index in [1.165, 1.54) is 44.5 Å². The van der Waals surface area contributed by atoms with Crippen LogP contribution >= 0.6 is 0 Å². The second-order valence-electron chi connectivity index (χ2n) is 17.3. The zero-order chi connectivity index (χ0) is 42.8. The first-order valence-electron chi connectivity index (χ1n) is 22.1. The average Bonchev–Trinajstić information content (AvgIpc) is 3.58. The van der Waals surface area contributed by atoms with Crippen LogP contribution in [-0.2, 0) is 5.41 Å². The van der Waals surface area contributed by atoms with Gasteiger partial charge in [-0.2, -0.15) is 0 Å². The molecule has 10 aromatic rings. The number of rotatable bonds is 8.